The molecule has 100 valence electrons. The Balaban J connectivity index is 1.88. The molecule has 0 spiro atoms. The molecule has 0 saturated heterocycles. The quantitative estimate of drug-likeness (QED) is 0.815. The summed E-state index contributed by atoms with van der Waals surface area (Å²) in [6.07, 6.45) is -0.500. The highest BCUT2D eigenvalue weighted by Gasteiger charge is 2.07. The van der Waals surface area contributed by atoms with Gasteiger partial charge in [-0.2, -0.15) is 0 Å². The second-order valence-corrected chi connectivity index (χ2v) is 6.06. The number of nitrogens with one attached hydrogen (secondary N) is 1. The van der Waals surface area contributed by atoms with Crippen LogP contribution in [0.1, 0.15) is 17.2 Å². The third-order valence-corrected chi connectivity index (χ3v) is 4.11. The summed E-state index contributed by atoms with van der Waals surface area (Å²) in [7, 11) is 0. The average Bonchev–Trinajstić information content (AvgIpc) is 2.41. The maximum atomic E-state index is 10.1. The summed E-state index contributed by atoms with van der Waals surface area (Å²) in [5, 5.41) is 13.4. The van der Waals surface area contributed by atoms with Crippen molar-refractivity contribution in [3.05, 3.63) is 68.6 Å². The molecular formula is C15H15Br2NO. The molecule has 2 rings (SSSR count). The molecule has 1 atom stereocenters. The van der Waals surface area contributed by atoms with Crippen molar-refractivity contribution in [2.45, 2.75) is 12.6 Å². The largest absolute Gasteiger partial charge is 0.387 e. The predicted octanol–water partition coefficient (Wildman–Crippen LogP) is 4.03. The van der Waals surface area contributed by atoms with Crippen molar-refractivity contribution >= 4 is 31.9 Å². The van der Waals surface area contributed by atoms with Crippen LogP contribution in [0.2, 0.25) is 0 Å². The number of hydrogen-bond donors (Lipinski definition) is 2. The summed E-state index contributed by atoms with van der Waals surface area (Å²) in [6.45, 7) is 1.25. The van der Waals surface area contributed by atoms with Crippen molar-refractivity contribution in [2.75, 3.05) is 6.54 Å². The van der Waals surface area contributed by atoms with Gasteiger partial charge in [-0.05, 0) is 29.3 Å². The Bertz CT molecular complexity index is 545. The second kappa shape index (κ2) is 7.20. The van der Waals surface area contributed by atoms with Gasteiger partial charge in [0.1, 0.15) is 0 Å². The van der Waals surface area contributed by atoms with Crippen molar-refractivity contribution < 1.29 is 5.11 Å². The number of benzene rings is 2. The fourth-order valence-corrected chi connectivity index (χ4v) is 2.66. The number of aliphatic hydroxyl groups excluding tert-OH is 1. The minimum atomic E-state index is -0.500. The van der Waals surface area contributed by atoms with Crippen LogP contribution in [-0.4, -0.2) is 11.7 Å². The van der Waals surface area contributed by atoms with Gasteiger partial charge in [-0.3, -0.25) is 0 Å². The Hall–Kier alpha value is -0.680. The summed E-state index contributed by atoms with van der Waals surface area (Å²) in [5.41, 5.74) is 2.10. The Morgan fingerprint density at radius 3 is 2.58 bits per heavy atom. The molecule has 19 heavy (non-hydrogen) atoms. The van der Waals surface area contributed by atoms with E-state index in [-0.39, 0.29) is 0 Å². The third kappa shape index (κ3) is 4.42. The minimum Gasteiger partial charge on any atom is -0.387 e. The molecule has 0 fully saturated rings. The van der Waals surface area contributed by atoms with E-state index in [4.69, 9.17) is 0 Å². The van der Waals surface area contributed by atoms with Gasteiger partial charge in [-0.1, -0.05) is 62.2 Å². The first-order chi connectivity index (χ1) is 9.16. The van der Waals surface area contributed by atoms with Crippen LogP contribution in [0.25, 0.3) is 0 Å². The molecule has 2 N–H and O–H groups in total. The second-order valence-electron chi connectivity index (χ2n) is 4.29. The van der Waals surface area contributed by atoms with Crippen molar-refractivity contribution in [3.63, 3.8) is 0 Å². The summed E-state index contributed by atoms with van der Waals surface area (Å²) in [4.78, 5) is 0. The average molecular weight is 385 g/mol. The molecule has 0 aliphatic carbocycles. The topological polar surface area (TPSA) is 32.3 Å². The SMILES string of the molecule is OC(CNCc1ccccc1Br)c1cccc(Br)c1. The van der Waals surface area contributed by atoms with E-state index in [2.05, 4.69) is 43.2 Å². The smallest absolute Gasteiger partial charge is 0.0914 e. The lowest BCUT2D eigenvalue weighted by Gasteiger charge is -2.13. The van der Waals surface area contributed by atoms with Crippen LogP contribution in [0, 0.1) is 0 Å². The molecule has 2 aromatic rings. The predicted molar refractivity (Wildman–Crippen MR) is 85.0 cm³/mol. The zero-order chi connectivity index (χ0) is 13.7. The van der Waals surface area contributed by atoms with Gasteiger partial charge >= 0.3 is 0 Å². The van der Waals surface area contributed by atoms with E-state index in [0.29, 0.717) is 6.54 Å². The Kier molecular flexibility index (Phi) is 5.58. The van der Waals surface area contributed by atoms with E-state index in [1.54, 1.807) is 0 Å². The zero-order valence-corrected chi connectivity index (χ0v) is 13.5. The van der Waals surface area contributed by atoms with E-state index >= 15 is 0 Å². The molecule has 0 aliphatic heterocycles. The van der Waals surface area contributed by atoms with E-state index in [9.17, 15) is 5.11 Å². The fraction of sp³-hybridized carbons (Fsp3) is 0.200. The van der Waals surface area contributed by atoms with Gasteiger partial charge in [-0.15, -0.1) is 0 Å². The molecule has 4 heteroatoms. The number of hydrogen-bond acceptors (Lipinski definition) is 2. The minimum absolute atomic E-state index is 0.500. The summed E-state index contributed by atoms with van der Waals surface area (Å²) in [5.74, 6) is 0. The van der Waals surface area contributed by atoms with E-state index < -0.39 is 6.10 Å². The lowest BCUT2D eigenvalue weighted by atomic mass is 10.1. The molecule has 0 radical (unpaired) electrons. The van der Waals surface area contributed by atoms with Crippen LogP contribution in [0.15, 0.2) is 57.5 Å². The van der Waals surface area contributed by atoms with Crippen LogP contribution in [0.4, 0.5) is 0 Å². The van der Waals surface area contributed by atoms with Crippen LogP contribution < -0.4 is 5.32 Å². The van der Waals surface area contributed by atoms with Crippen molar-refractivity contribution in [3.8, 4) is 0 Å². The fourth-order valence-electron chi connectivity index (χ4n) is 1.82. The summed E-state index contributed by atoms with van der Waals surface area (Å²) < 4.78 is 2.06. The van der Waals surface area contributed by atoms with Crippen molar-refractivity contribution in [1.82, 2.24) is 5.32 Å². The van der Waals surface area contributed by atoms with E-state index in [1.165, 1.54) is 5.56 Å². The highest BCUT2D eigenvalue weighted by molar-refractivity contribution is 9.10. The molecule has 0 aromatic heterocycles. The number of halogens is 2. The van der Waals surface area contributed by atoms with Gasteiger partial charge in [0.15, 0.2) is 0 Å². The summed E-state index contributed by atoms with van der Waals surface area (Å²) >= 11 is 6.92. The van der Waals surface area contributed by atoms with E-state index in [0.717, 1.165) is 21.1 Å². The molecule has 0 heterocycles. The Morgan fingerprint density at radius 1 is 1.05 bits per heavy atom. The van der Waals surface area contributed by atoms with Crippen molar-refractivity contribution in [2.24, 2.45) is 0 Å². The van der Waals surface area contributed by atoms with Gasteiger partial charge in [0, 0.05) is 22.0 Å². The van der Waals surface area contributed by atoms with Gasteiger partial charge < -0.3 is 10.4 Å². The molecular weight excluding hydrogens is 370 g/mol. The van der Waals surface area contributed by atoms with Gasteiger partial charge in [0.25, 0.3) is 0 Å². The molecule has 1 unspecified atom stereocenters. The Labute approximate surface area is 130 Å². The molecule has 0 amide bonds. The molecule has 2 nitrogen and oxygen atoms in total. The standard InChI is InChI=1S/C15H15Br2NO/c16-13-6-3-5-11(8-13)15(19)10-18-9-12-4-1-2-7-14(12)17/h1-8,15,18-19H,9-10H2. The van der Waals surface area contributed by atoms with Crippen LogP contribution in [0.3, 0.4) is 0 Å². The highest BCUT2D eigenvalue weighted by atomic mass is 79.9. The Morgan fingerprint density at radius 2 is 1.84 bits per heavy atom. The third-order valence-electron chi connectivity index (χ3n) is 2.84. The lowest BCUT2D eigenvalue weighted by molar-refractivity contribution is 0.174. The molecule has 0 aliphatic rings. The van der Waals surface area contributed by atoms with Gasteiger partial charge in [0.2, 0.25) is 0 Å². The molecule has 0 saturated carbocycles. The maximum absolute atomic E-state index is 10.1. The first-order valence-electron chi connectivity index (χ1n) is 6.04. The van der Waals surface area contributed by atoms with Gasteiger partial charge in [0.05, 0.1) is 6.10 Å². The van der Waals surface area contributed by atoms with Crippen LogP contribution >= 0.6 is 31.9 Å². The number of rotatable bonds is 5. The molecule has 2 aromatic carbocycles. The van der Waals surface area contributed by atoms with Crippen LogP contribution in [0.5, 0.6) is 0 Å². The first-order valence-corrected chi connectivity index (χ1v) is 7.63. The maximum Gasteiger partial charge on any atom is 0.0914 e. The summed E-state index contributed by atoms with van der Waals surface area (Å²) in [6, 6.07) is 15.8. The van der Waals surface area contributed by atoms with Gasteiger partial charge in [-0.25, -0.2) is 0 Å². The zero-order valence-electron chi connectivity index (χ0n) is 10.3. The van der Waals surface area contributed by atoms with E-state index in [1.807, 2.05) is 42.5 Å². The monoisotopic (exact) mass is 383 g/mol. The van der Waals surface area contributed by atoms with Crippen molar-refractivity contribution in [1.29, 1.82) is 0 Å². The van der Waals surface area contributed by atoms with Crippen LogP contribution in [-0.2, 0) is 6.54 Å². The highest BCUT2D eigenvalue weighted by Crippen LogP contribution is 2.18. The number of aliphatic hydroxyl groups is 1. The lowest BCUT2D eigenvalue weighted by Crippen LogP contribution is -2.21. The molecule has 0 bridgehead atoms. The first kappa shape index (κ1) is 14.7. The normalized spacial score (nSPS) is 12.4.